The SMILES string of the molecule is COC(CNCCOc1ccc2c3c([nH]c2c1)CCCC3)c1ccc(N)c(NS(C)(=O)=O)c1. The zero-order chi connectivity index (χ0) is 23.4. The molecule has 0 fully saturated rings. The molecule has 178 valence electrons. The minimum Gasteiger partial charge on any atom is -0.492 e. The molecular formula is C24H32N4O4S. The van der Waals surface area contributed by atoms with Crippen molar-refractivity contribution < 1.29 is 17.9 Å². The lowest BCUT2D eigenvalue weighted by atomic mass is 9.96. The van der Waals surface area contributed by atoms with Crippen molar-refractivity contribution in [3.63, 3.8) is 0 Å². The van der Waals surface area contributed by atoms with Crippen LogP contribution < -0.4 is 20.5 Å². The maximum atomic E-state index is 11.6. The molecule has 0 saturated heterocycles. The lowest BCUT2D eigenvalue weighted by Crippen LogP contribution is -2.27. The molecule has 0 aliphatic heterocycles. The summed E-state index contributed by atoms with van der Waals surface area (Å²) in [4.78, 5) is 3.56. The number of hydrogen-bond acceptors (Lipinski definition) is 6. The van der Waals surface area contributed by atoms with Crippen molar-refractivity contribution in [1.29, 1.82) is 0 Å². The van der Waals surface area contributed by atoms with Crippen LogP contribution in [0, 0.1) is 0 Å². The van der Waals surface area contributed by atoms with Gasteiger partial charge in [-0.3, -0.25) is 4.72 Å². The minimum absolute atomic E-state index is 0.257. The first-order valence-corrected chi connectivity index (χ1v) is 13.1. The number of nitrogens with one attached hydrogen (secondary N) is 3. The van der Waals surface area contributed by atoms with Gasteiger partial charge in [-0.15, -0.1) is 0 Å². The Morgan fingerprint density at radius 1 is 1.15 bits per heavy atom. The standard InChI is InChI=1S/C24H32N4O4S/c1-31-24(16-7-10-20(25)23(13-16)28-33(2,29)30)15-26-11-12-32-17-8-9-19-18-5-3-4-6-21(18)27-22(19)14-17/h7-10,13-14,24,26-28H,3-6,11-12,15,25H2,1-2H3. The summed E-state index contributed by atoms with van der Waals surface area (Å²) in [5.41, 5.74) is 11.4. The number of nitrogen functional groups attached to an aromatic ring is 1. The van der Waals surface area contributed by atoms with Gasteiger partial charge in [0.1, 0.15) is 12.4 Å². The second kappa shape index (κ2) is 10.0. The van der Waals surface area contributed by atoms with Crippen LogP contribution in [0.2, 0.25) is 0 Å². The summed E-state index contributed by atoms with van der Waals surface area (Å²) in [5, 5.41) is 4.65. The van der Waals surface area contributed by atoms with Gasteiger partial charge in [0.05, 0.1) is 23.7 Å². The molecule has 0 saturated carbocycles. The van der Waals surface area contributed by atoms with E-state index in [1.807, 2.05) is 12.1 Å². The van der Waals surface area contributed by atoms with Gasteiger partial charge in [0.2, 0.25) is 10.0 Å². The van der Waals surface area contributed by atoms with Gasteiger partial charge >= 0.3 is 0 Å². The number of methoxy groups -OCH3 is 1. The van der Waals surface area contributed by atoms with E-state index in [2.05, 4.69) is 27.2 Å². The second-order valence-electron chi connectivity index (χ2n) is 8.49. The highest BCUT2D eigenvalue weighted by Gasteiger charge is 2.16. The summed E-state index contributed by atoms with van der Waals surface area (Å²) in [5.74, 6) is 0.848. The van der Waals surface area contributed by atoms with E-state index in [0.717, 1.165) is 35.9 Å². The average Bonchev–Trinajstić information content (AvgIpc) is 3.15. The number of aromatic amines is 1. The Morgan fingerprint density at radius 3 is 2.76 bits per heavy atom. The maximum Gasteiger partial charge on any atom is 0.229 e. The van der Waals surface area contributed by atoms with E-state index in [1.54, 1.807) is 19.2 Å². The normalized spacial score (nSPS) is 14.7. The summed E-state index contributed by atoms with van der Waals surface area (Å²) in [6, 6.07) is 11.5. The number of anilines is 2. The Hall–Kier alpha value is -2.75. The topological polar surface area (TPSA) is 118 Å². The highest BCUT2D eigenvalue weighted by Crippen LogP contribution is 2.31. The fourth-order valence-corrected chi connectivity index (χ4v) is 4.93. The molecule has 1 aliphatic carbocycles. The minimum atomic E-state index is -3.42. The first-order valence-electron chi connectivity index (χ1n) is 11.2. The molecule has 1 aromatic heterocycles. The van der Waals surface area contributed by atoms with E-state index >= 15 is 0 Å². The third-order valence-electron chi connectivity index (χ3n) is 5.98. The van der Waals surface area contributed by atoms with Crippen molar-refractivity contribution in [2.24, 2.45) is 0 Å². The monoisotopic (exact) mass is 472 g/mol. The molecule has 0 amide bonds. The zero-order valence-corrected chi connectivity index (χ0v) is 19.9. The third kappa shape index (κ3) is 5.79. The van der Waals surface area contributed by atoms with Crippen LogP contribution in [0.15, 0.2) is 36.4 Å². The van der Waals surface area contributed by atoms with Crippen LogP contribution in [0.3, 0.4) is 0 Å². The van der Waals surface area contributed by atoms with Crippen molar-refractivity contribution in [3.8, 4) is 5.75 Å². The molecule has 3 aromatic rings. The van der Waals surface area contributed by atoms with Crippen LogP contribution in [-0.2, 0) is 27.6 Å². The molecule has 0 radical (unpaired) electrons. The fraction of sp³-hybridized carbons (Fsp3) is 0.417. The van der Waals surface area contributed by atoms with Gasteiger partial charge in [0.25, 0.3) is 0 Å². The number of ether oxygens (including phenoxy) is 2. The van der Waals surface area contributed by atoms with Crippen LogP contribution in [0.4, 0.5) is 11.4 Å². The molecule has 2 aromatic carbocycles. The number of rotatable bonds is 10. The Balaban J connectivity index is 1.30. The van der Waals surface area contributed by atoms with E-state index in [0.29, 0.717) is 31.1 Å². The summed E-state index contributed by atoms with van der Waals surface area (Å²) in [6.45, 7) is 1.71. The number of benzene rings is 2. The molecule has 1 heterocycles. The average molecular weight is 473 g/mol. The first-order chi connectivity index (χ1) is 15.8. The molecule has 9 heteroatoms. The molecule has 5 N–H and O–H groups in total. The summed E-state index contributed by atoms with van der Waals surface area (Å²) in [7, 11) is -1.80. The van der Waals surface area contributed by atoms with E-state index in [4.69, 9.17) is 15.2 Å². The van der Waals surface area contributed by atoms with E-state index in [-0.39, 0.29) is 6.10 Å². The van der Waals surface area contributed by atoms with Gasteiger partial charge in [-0.05, 0) is 61.1 Å². The summed E-state index contributed by atoms with van der Waals surface area (Å²) in [6.07, 6.45) is 5.63. The van der Waals surface area contributed by atoms with E-state index in [9.17, 15) is 8.42 Å². The lowest BCUT2D eigenvalue weighted by Gasteiger charge is -2.18. The molecule has 1 aliphatic rings. The smallest absolute Gasteiger partial charge is 0.229 e. The van der Waals surface area contributed by atoms with Crippen molar-refractivity contribution in [1.82, 2.24) is 10.3 Å². The van der Waals surface area contributed by atoms with Crippen LogP contribution in [0.5, 0.6) is 5.75 Å². The Labute approximate surface area is 194 Å². The highest BCUT2D eigenvalue weighted by molar-refractivity contribution is 7.92. The van der Waals surface area contributed by atoms with E-state index < -0.39 is 10.0 Å². The van der Waals surface area contributed by atoms with Crippen LogP contribution in [0.25, 0.3) is 10.9 Å². The number of aryl methyl sites for hydroxylation is 2. The predicted octanol–water partition coefficient (Wildman–Crippen LogP) is 3.36. The zero-order valence-electron chi connectivity index (χ0n) is 19.1. The maximum absolute atomic E-state index is 11.6. The number of sulfonamides is 1. The molecule has 0 spiro atoms. The first kappa shape index (κ1) is 23.4. The van der Waals surface area contributed by atoms with Crippen molar-refractivity contribution in [2.45, 2.75) is 31.8 Å². The molecule has 0 bridgehead atoms. The van der Waals surface area contributed by atoms with Crippen molar-refractivity contribution >= 4 is 32.3 Å². The number of fused-ring (bicyclic) bond motifs is 3. The van der Waals surface area contributed by atoms with Gasteiger partial charge in [0.15, 0.2) is 0 Å². The van der Waals surface area contributed by atoms with Crippen LogP contribution in [-0.4, -0.2) is 46.5 Å². The predicted molar refractivity (Wildman–Crippen MR) is 132 cm³/mol. The van der Waals surface area contributed by atoms with Gasteiger partial charge in [-0.2, -0.15) is 0 Å². The summed E-state index contributed by atoms with van der Waals surface area (Å²) < 4.78 is 37.1. The van der Waals surface area contributed by atoms with Crippen LogP contribution >= 0.6 is 0 Å². The molecule has 4 rings (SSSR count). The van der Waals surface area contributed by atoms with Crippen LogP contribution in [0.1, 0.15) is 35.8 Å². The number of aromatic nitrogens is 1. The summed E-state index contributed by atoms with van der Waals surface area (Å²) >= 11 is 0. The van der Waals surface area contributed by atoms with Crippen molar-refractivity contribution in [2.75, 3.05) is 43.5 Å². The molecular weight excluding hydrogens is 440 g/mol. The molecule has 33 heavy (non-hydrogen) atoms. The van der Waals surface area contributed by atoms with Crippen molar-refractivity contribution in [3.05, 3.63) is 53.2 Å². The van der Waals surface area contributed by atoms with Gasteiger partial charge in [-0.25, -0.2) is 8.42 Å². The second-order valence-corrected chi connectivity index (χ2v) is 10.2. The van der Waals surface area contributed by atoms with Gasteiger partial charge < -0.3 is 25.5 Å². The lowest BCUT2D eigenvalue weighted by molar-refractivity contribution is 0.101. The Bertz CT molecular complexity index is 1220. The number of hydrogen-bond donors (Lipinski definition) is 4. The number of H-pyrrole nitrogens is 1. The quantitative estimate of drug-likeness (QED) is 0.265. The Kier molecular flexibility index (Phi) is 7.11. The van der Waals surface area contributed by atoms with Gasteiger partial charge in [0, 0.05) is 42.9 Å². The largest absolute Gasteiger partial charge is 0.492 e. The third-order valence-corrected chi connectivity index (χ3v) is 6.57. The highest BCUT2D eigenvalue weighted by atomic mass is 32.2. The van der Waals surface area contributed by atoms with Gasteiger partial charge in [-0.1, -0.05) is 6.07 Å². The molecule has 8 nitrogen and oxygen atoms in total. The Morgan fingerprint density at radius 2 is 1.97 bits per heavy atom. The van der Waals surface area contributed by atoms with E-state index in [1.165, 1.54) is 29.5 Å². The number of nitrogens with two attached hydrogens (primary N) is 1. The molecule has 1 atom stereocenters. The fourth-order valence-electron chi connectivity index (χ4n) is 4.36. The molecule has 1 unspecified atom stereocenters.